The fraction of sp³-hybridized carbons (Fsp3) is 0.263. The molecule has 0 aliphatic rings. The van der Waals surface area contributed by atoms with Crippen LogP contribution in [0.2, 0.25) is 0 Å². The summed E-state index contributed by atoms with van der Waals surface area (Å²) in [6.45, 7) is 7.36. The number of ether oxygens (including phenoxy) is 1. The number of nitrogen functional groups attached to an aromatic ring is 1. The van der Waals surface area contributed by atoms with Crippen molar-refractivity contribution in [1.29, 1.82) is 0 Å². The molecule has 1 aromatic heterocycles. The van der Waals surface area contributed by atoms with Gasteiger partial charge in [0.1, 0.15) is 12.4 Å². The van der Waals surface area contributed by atoms with E-state index in [1.54, 1.807) is 30.3 Å². The first kappa shape index (κ1) is 19.3. The highest BCUT2D eigenvalue weighted by Gasteiger charge is 2.23. The lowest BCUT2D eigenvalue weighted by atomic mass is 10.1. The standard InChI is InChI=1S/C19H24N4O3/c1-12(20)17-15(21)5-4-6-16(17)26-11-19(2,3)23-18(25)13-7-8-22-14(9-13)10-24/h4-9,24H,1,10-11,20-21H2,2-3H3,(H,23,25). The highest BCUT2D eigenvalue weighted by Crippen LogP contribution is 2.28. The van der Waals surface area contributed by atoms with Crippen LogP contribution in [0.5, 0.6) is 5.75 Å². The van der Waals surface area contributed by atoms with Crippen LogP contribution < -0.4 is 21.5 Å². The van der Waals surface area contributed by atoms with Gasteiger partial charge in [-0.2, -0.15) is 0 Å². The summed E-state index contributed by atoms with van der Waals surface area (Å²) in [5.41, 5.74) is 13.2. The van der Waals surface area contributed by atoms with Crippen LogP contribution in [-0.2, 0) is 6.61 Å². The number of hydrogen-bond acceptors (Lipinski definition) is 6. The first-order valence-electron chi connectivity index (χ1n) is 8.08. The summed E-state index contributed by atoms with van der Waals surface area (Å²) in [5, 5.41) is 12.0. The molecule has 0 aliphatic heterocycles. The summed E-state index contributed by atoms with van der Waals surface area (Å²) in [6.07, 6.45) is 1.48. The van der Waals surface area contributed by atoms with Crippen LogP contribution in [-0.4, -0.2) is 28.1 Å². The van der Waals surface area contributed by atoms with Crippen molar-refractivity contribution in [2.24, 2.45) is 5.73 Å². The first-order valence-corrected chi connectivity index (χ1v) is 8.08. The number of aromatic nitrogens is 1. The Hall–Kier alpha value is -3.06. The van der Waals surface area contributed by atoms with Crippen molar-refractivity contribution < 1.29 is 14.6 Å². The fourth-order valence-electron chi connectivity index (χ4n) is 2.39. The van der Waals surface area contributed by atoms with Crippen molar-refractivity contribution in [1.82, 2.24) is 10.3 Å². The van der Waals surface area contributed by atoms with E-state index in [0.29, 0.717) is 34.0 Å². The molecule has 1 heterocycles. The van der Waals surface area contributed by atoms with E-state index in [4.69, 9.17) is 21.3 Å². The molecule has 7 nitrogen and oxygen atoms in total. The molecule has 0 saturated heterocycles. The predicted molar refractivity (Wildman–Crippen MR) is 101 cm³/mol. The van der Waals surface area contributed by atoms with Gasteiger partial charge in [-0.3, -0.25) is 9.78 Å². The van der Waals surface area contributed by atoms with Gasteiger partial charge in [0.2, 0.25) is 0 Å². The maximum atomic E-state index is 12.4. The molecule has 2 rings (SSSR count). The quantitative estimate of drug-likeness (QED) is 0.560. The zero-order chi connectivity index (χ0) is 19.3. The second-order valence-corrected chi connectivity index (χ2v) is 6.57. The zero-order valence-electron chi connectivity index (χ0n) is 15.0. The maximum absolute atomic E-state index is 12.4. The van der Waals surface area contributed by atoms with Gasteiger partial charge in [0.05, 0.1) is 23.4 Å². The molecule has 1 amide bonds. The van der Waals surface area contributed by atoms with Crippen molar-refractivity contribution >= 4 is 17.3 Å². The minimum absolute atomic E-state index is 0.195. The smallest absolute Gasteiger partial charge is 0.251 e. The fourth-order valence-corrected chi connectivity index (χ4v) is 2.39. The molecule has 0 saturated carbocycles. The number of rotatable bonds is 7. The van der Waals surface area contributed by atoms with Gasteiger partial charge < -0.3 is 26.6 Å². The van der Waals surface area contributed by atoms with E-state index < -0.39 is 5.54 Å². The average molecular weight is 356 g/mol. The summed E-state index contributed by atoms with van der Waals surface area (Å²) in [7, 11) is 0. The molecule has 0 bridgehead atoms. The Bertz CT molecular complexity index is 818. The molecule has 1 aromatic carbocycles. The second kappa shape index (κ2) is 7.88. The number of aliphatic hydroxyl groups excluding tert-OH is 1. The molecular formula is C19H24N4O3. The van der Waals surface area contributed by atoms with E-state index in [9.17, 15) is 4.79 Å². The highest BCUT2D eigenvalue weighted by molar-refractivity contribution is 5.94. The molecule has 0 atom stereocenters. The summed E-state index contributed by atoms with van der Waals surface area (Å²) < 4.78 is 5.84. The molecule has 26 heavy (non-hydrogen) atoms. The van der Waals surface area contributed by atoms with Crippen molar-refractivity contribution in [2.45, 2.75) is 26.0 Å². The molecule has 2 aromatic rings. The Kier molecular flexibility index (Phi) is 5.84. The SMILES string of the molecule is C=C(N)c1c(N)cccc1OCC(C)(C)NC(=O)c1ccnc(CO)c1. The molecular weight excluding hydrogens is 332 g/mol. The minimum Gasteiger partial charge on any atom is -0.490 e. The summed E-state index contributed by atoms with van der Waals surface area (Å²) in [5.74, 6) is 0.220. The Morgan fingerprint density at radius 1 is 1.38 bits per heavy atom. The monoisotopic (exact) mass is 356 g/mol. The summed E-state index contributed by atoms with van der Waals surface area (Å²) >= 11 is 0. The van der Waals surface area contributed by atoms with Crippen LogP contribution in [0.25, 0.3) is 5.70 Å². The van der Waals surface area contributed by atoms with Crippen LogP contribution >= 0.6 is 0 Å². The third-order valence-corrected chi connectivity index (χ3v) is 3.66. The second-order valence-electron chi connectivity index (χ2n) is 6.57. The molecule has 0 radical (unpaired) electrons. The van der Waals surface area contributed by atoms with E-state index in [0.717, 1.165) is 0 Å². The molecule has 0 unspecified atom stereocenters. The van der Waals surface area contributed by atoms with Crippen molar-refractivity contribution in [2.75, 3.05) is 12.3 Å². The largest absolute Gasteiger partial charge is 0.490 e. The third kappa shape index (κ3) is 4.73. The lowest BCUT2D eigenvalue weighted by Gasteiger charge is -2.27. The zero-order valence-corrected chi connectivity index (χ0v) is 15.0. The number of benzene rings is 1. The van der Waals surface area contributed by atoms with Gasteiger partial charge in [-0.05, 0) is 38.1 Å². The Labute approximate surface area is 152 Å². The van der Waals surface area contributed by atoms with Crippen LogP contribution in [0.3, 0.4) is 0 Å². The van der Waals surface area contributed by atoms with E-state index >= 15 is 0 Å². The van der Waals surface area contributed by atoms with E-state index in [2.05, 4.69) is 16.9 Å². The number of nitrogens with two attached hydrogens (primary N) is 2. The Morgan fingerprint density at radius 2 is 2.12 bits per heavy atom. The van der Waals surface area contributed by atoms with Gasteiger partial charge in [0.25, 0.3) is 5.91 Å². The number of amides is 1. The van der Waals surface area contributed by atoms with Crippen molar-refractivity contribution in [3.8, 4) is 5.75 Å². The lowest BCUT2D eigenvalue weighted by molar-refractivity contribution is 0.0880. The van der Waals surface area contributed by atoms with Gasteiger partial charge in [0.15, 0.2) is 0 Å². The summed E-state index contributed by atoms with van der Waals surface area (Å²) in [6, 6.07) is 8.35. The minimum atomic E-state index is -0.669. The number of aliphatic hydroxyl groups is 1. The normalized spacial score (nSPS) is 11.0. The number of hydrogen-bond donors (Lipinski definition) is 4. The van der Waals surface area contributed by atoms with E-state index in [-0.39, 0.29) is 19.1 Å². The molecule has 7 heteroatoms. The number of carbonyl (C=O) groups is 1. The lowest BCUT2D eigenvalue weighted by Crippen LogP contribution is -2.48. The molecule has 0 fully saturated rings. The molecule has 138 valence electrons. The predicted octanol–water partition coefficient (Wildman–Crippen LogP) is 1.67. The Morgan fingerprint density at radius 3 is 2.77 bits per heavy atom. The molecule has 0 spiro atoms. The van der Waals surface area contributed by atoms with Crippen LogP contribution in [0.15, 0.2) is 43.1 Å². The maximum Gasteiger partial charge on any atom is 0.251 e. The Balaban J connectivity index is 2.08. The van der Waals surface area contributed by atoms with Gasteiger partial charge in [0, 0.05) is 23.1 Å². The van der Waals surface area contributed by atoms with Gasteiger partial charge in [-0.25, -0.2) is 0 Å². The van der Waals surface area contributed by atoms with Crippen molar-refractivity contribution in [3.05, 3.63) is 59.9 Å². The van der Waals surface area contributed by atoms with Crippen LogP contribution in [0.4, 0.5) is 5.69 Å². The van der Waals surface area contributed by atoms with E-state index in [1.807, 2.05) is 13.8 Å². The number of carbonyl (C=O) groups excluding carboxylic acids is 1. The van der Waals surface area contributed by atoms with Gasteiger partial charge in [-0.15, -0.1) is 0 Å². The number of pyridine rings is 1. The number of nitrogens with zero attached hydrogens (tertiary/aromatic N) is 1. The van der Waals surface area contributed by atoms with Gasteiger partial charge >= 0.3 is 0 Å². The third-order valence-electron chi connectivity index (χ3n) is 3.66. The number of nitrogens with one attached hydrogen (secondary N) is 1. The van der Waals surface area contributed by atoms with E-state index in [1.165, 1.54) is 6.20 Å². The van der Waals surface area contributed by atoms with Gasteiger partial charge in [-0.1, -0.05) is 12.6 Å². The molecule has 6 N–H and O–H groups in total. The molecule has 0 aliphatic carbocycles. The van der Waals surface area contributed by atoms with Crippen LogP contribution in [0.1, 0.15) is 35.5 Å². The average Bonchev–Trinajstić information content (AvgIpc) is 2.59. The topological polar surface area (TPSA) is 123 Å². The number of anilines is 1. The first-order chi connectivity index (χ1) is 12.2. The van der Waals surface area contributed by atoms with Crippen molar-refractivity contribution in [3.63, 3.8) is 0 Å². The highest BCUT2D eigenvalue weighted by atomic mass is 16.5. The van der Waals surface area contributed by atoms with Crippen LogP contribution in [0, 0.1) is 0 Å². The summed E-state index contributed by atoms with van der Waals surface area (Å²) in [4.78, 5) is 16.4.